The molecule has 1 unspecified atom stereocenters. The summed E-state index contributed by atoms with van der Waals surface area (Å²) in [6, 6.07) is 2.14. The van der Waals surface area contributed by atoms with Crippen LogP contribution in [0.4, 0.5) is 0 Å². The lowest BCUT2D eigenvalue weighted by Crippen LogP contribution is -2.36. The van der Waals surface area contributed by atoms with Crippen LogP contribution in [0.3, 0.4) is 0 Å². The van der Waals surface area contributed by atoms with Gasteiger partial charge in [-0.1, -0.05) is 6.92 Å². The highest BCUT2D eigenvalue weighted by Crippen LogP contribution is 2.56. The van der Waals surface area contributed by atoms with Crippen molar-refractivity contribution >= 4 is 0 Å². The molecule has 0 radical (unpaired) electrons. The Hall–Kier alpha value is -1.99. The van der Waals surface area contributed by atoms with E-state index in [1.165, 1.54) is 19.3 Å². The number of piperidine rings is 1. The van der Waals surface area contributed by atoms with Crippen molar-refractivity contribution in [2.45, 2.75) is 65.2 Å². The van der Waals surface area contributed by atoms with Crippen LogP contribution in [0.5, 0.6) is 0 Å². The maximum atomic E-state index is 12.0. The first-order chi connectivity index (χ1) is 13.1. The van der Waals surface area contributed by atoms with Gasteiger partial charge in [-0.05, 0) is 51.1 Å². The topological polar surface area (TPSA) is 78.8 Å². The fourth-order valence-electron chi connectivity index (χ4n) is 4.55. The van der Waals surface area contributed by atoms with Crippen molar-refractivity contribution in [3.8, 4) is 0 Å². The summed E-state index contributed by atoms with van der Waals surface area (Å²) >= 11 is 0. The summed E-state index contributed by atoms with van der Waals surface area (Å²) in [7, 11) is 0. The maximum absolute atomic E-state index is 12.0. The van der Waals surface area contributed by atoms with E-state index in [0.29, 0.717) is 18.0 Å². The molecule has 2 fully saturated rings. The molecule has 7 heteroatoms. The SMILES string of the molecule is CCc1cc(=O)[nH]c(CN(Cc2nccn2CC)C2CC23CCNCC3)n1. The first kappa shape index (κ1) is 18.4. The zero-order valence-electron chi connectivity index (χ0n) is 16.4. The third kappa shape index (κ3) is 3.84. The number of aromatic amines is 1. The Balaban J connectivity index is 1.58. The summed E-state index contributed by atoms with van der Waals surface area (Å²) in [5.41, 5.74) is 1.23. The minimum Gasteiger partial charge on any atom is -0.334 e. The molecule has 0 bridgehead atoms. The highest BCUT2D eigenvalue weighted by Gasteiger charge is 2.56. The Morgan fingerprint density at radius 3 is 2.85 bits per heavy atom. The van der Waals surface area contributed by atoms with Crippen molar-refractivity contribution < 1.29 is 0 Å². The van der Waals surface area contributed by atoms with Crippen molar-refractivity contribution in [3.63, 3.8) is 0 Å². The smallest absolute Gasteiger partial charge is 0.251 e. The van der Waals surface area contributed by atoms with Crippen molar-refractivity contribution in [2.24, 2.45) is 5.41 Å². The van der Waals surface area contributed by atoms with E-state index in [0.717, 1.165) is 49.9 Å². The molecule has 0 amide bonds. The number of hydrogen-bond donors (Lipinski definition) is 2. The number of rotatable bonds is 7. The number of nitrogens with one attached hydrogen (secondary N) is 2. The molecule has 7 nitrogen and oxygen atoms in total. The van der Waals surface area contributed by atoms with E-state index in [2.05, 4.69) is 36.7 Å². The van der Waals surface area contributed by atoms with Crippen LogP contribution in [0.1, 0.15) is 50.5 Å². The largest absolute Gasteiger partial charge is 0.334 e. The fourth-order valence-corrected chi connectivity index (χ4v) is 4.55. The number of aryl methyl sites for hydroxylation is 2. The number of H-pyrrole nitrogens is 1. The third-order valence-corrected chi connectivity index (χ3v) is 6.23. The average molecular weight is 371 g/mol. The van der Waals surface area contributed by atoms with Crippen molar-refractivity contribution in [1.82, 2.24) is 29.7 Å². The lowest BCUT2D eigenvalue weighted by atomic mass is 9.93. The van der Waals surface area contributed by atoms with Crippen molar-refractivity contribution in [3.05, 3.63) is 46.2 Å². The number of nitrogens with zero attached hydrogens (tertiary/aromatic N) is 4. The maximum Gasteiger partial charge on any atom is 0.251 e. The van der Waals surface area contributed by atoms with E-state index < -0.39 is 0 Å². The van der Waals surface area contributed by atoms with Crippen LogP contribution in [-0.4, -0.2) is 43.6 Å². The lowest BCUT2D eigenvalue weighted by Gasteiger charge is -2.29. The first-order valence-electron chi connectivity index (χ1n) is 10.2. The van der Waals surface area contributed by atoms with Gasteiger partial charge < -0.3 is 14.9 Å². The molecule has 2 aromatic rings. The summed E-state index contributed by atoms with van der Waals surface area (Å²) in [6.45, 7) is 8.77. The molecule has 27 heavy (non-hydrogen) atoms. The first-order valence-corrected chi connectivity index (χ1v) is 10.2. The summed E-state index contributed by atoms with van der Waals surface area (Å²) in [5.74, 6) is 1.85. The summed E-state index contributed by atoms with van der Waals surface area (Å²) < 4.78 is 2.20. The minimum absolute atomic E-state index is 0.0563. The second-order valence-corrected chi connectivity index (χ2v) is 7.90. The zero-order valence-corrected chi connectivity index (χ0v) is 16.4. The normalized spacial score (nSPS) is 21.1. The Morgan fingerprint density at radius 1 is 1.30 bits per heavy atom. The van der Waals surface area contributed by atoms with Gasteiger partial charge >= 0.3 is 0 Å². The Bertz CT molecular complexity index is 835. The summed E-state index contributed by atoms with van der Waals surface area (Å²) in [5, 5.41) is 3.48. The standard InChI is InChI=1S/C20H30N6O/c1-3-15-11-19(27)24-17(23-15)13-26(14-18-22-9-10-25(18)4-2)16-12-20(16)5-7-21-8-6-20/h9-11,16,21H,3-8,12-14H2,1-2H3,(H,23,24,27). The van der Waals surface area contributed by atoms with Crippen LogP contribution in [0.25, 0.3) is 0 Å². The van der Waals surface area contributed by atoms with Crippen LogP contribution < -0.4 is 10.9 Å². The van der Waals surface area contributed by atoms with Crippen molar-refractivity contribution in [2.75, 3.05) is 13.1 Å². The molecule has 2 N–H and O–H groups in total. The molecule has 4 rings (SSSR count). The van der Waals surface area contributed by atoms with Crippen LogP contribution >= 0.6 is 0 Å². The number of imidazole rings is 1. The van der Waals surface area contributed by atoms with Crippen LogP contribution in [0, 0.1) is 5.41 Å². The number of hydrogen-bond acceptors (Lipinski definition) is 5. The molecular weight excluding hydrogens is 340 g/mol. The minimum atomic E-state index is -0.0563. The molecule has 2 aliphatic rings. The van der Waals surface area contributed by atoms with E-state index in [-0.39, 0.29) is 5.56 Å². The van der Waals surface area contributed by atoms with Gasteiger partial charge in [-0.25, -0.2) is 9.97 Å². The van der Waals surface area contributed by atoms with Gasteiger partial charge in [-0.3, -0.25) is 9.69 Å². The molecule has 1 saturated carbocycles. The highest BCUT2D eigenvalue weighted by molar-refractivity contribution is 5.12. The van der Waals surface area contributed by atoms with Crippen LogP contribution in [0.15, 0.2) is 23.3 Å². The lowest BCUT2D eigenvalue weighted by molar-refractivity contribution is 0.178. The van der Waals surface area contributed by atoms with E-state index in [1.807, 2.05) is 19.3 Å². The predicted molar refractivity (Wildman–Crippen MR) is 104 cm³/mol. The van der Waals surface area contributed by atoms with E-state index in [9.17, 15) is 4.79 Å². The van der Waals surface area contributed by atoms with E-state index >= 15 is 0 Å². The van der Waals surface area contributed by atoms with Gasteiger partial charge in [-0.2, -0.15) is 0 Å². The van der Waals surface area contributed by atoms with Gasteiger partial charge in [0.15, 0.2) is 0 Å². The second kappa shape index (κ2) is 7.56. The molecule has 0 aromatic carbocycles. The predicted octanol–water partition coefficient (Wildman–Crippen LogP) is 1.69. The van der Waals surface area contributed by atoms with E-state index in [4.69, 9.17) is 0 Å². The average Bonchev–Trinajstić information content (AvgIpc) is 3.16. The van der Waals surface area contributed by atoms with Gasteiger partial charge in [0.1, 0.15) is 11.6 Å². The van der Waals surface area contributed by atoms with Gasteiger partial charge in [0.2, 0.25) is 0 Å². The quantitative estimate of drug-likeness (QED) is 0.775. The van der Waals surface area contributed by atoms with Crippen LogP contribution in [0.2, 0.25) is 0 Å². The molecule has 2 aromatic heterocycles. The fraction of sp³-hybridized carbons (Fsp3) is 0.650. The Morgan fingerprint density at radius 2 is 2.11 bits per heavy atom. The molecule has 1 atom stereocenters. The molecule has 1 aliphatic heterocycles. The number of aromatic nitrogens is 4. The Kier molecular flexibility index (Phi) is 5.14. The van der Waals surface area contributed by atoms with Crippen LogP contribution in [-0.2, 0) is 26.1 Å². The summed E-state index contributed by atoms with van der Waals surface area (Å²) in [6.07, 6.45) is 8.39. The van der Waals surface area contributed by atoms with Crippen molar-refractivity contribution in [1.29, 1.82) is 0 Å². The molecule has 1 spiro atoms. The molecule has 146 valence electrons. The van der Waals surface area contributed by atoms with Gasteiger partial charge in [0.25, 0.3) is 5.56 Å². The highest BCUT2D eigenvalue weighted by atomic mass is 16.1. The van der Waals surface area contributed by atoms with Gasteiger partial charge in [0, 0.05) is 36.7 Å². The zero-order chi connectivity index (χ0) is 18.9. The van der Waals surface area contributed by atoms with Gasteiger partial charge in [-0.15, -0.1) is 0 Å². The second-order valence-electron chi connectivity index (χ2n) is 7.90. The Labute approximate surface area is 160 Å². The summed E-state index contributed by atoms with van der Waals surface area (Å²) in [4.78, 5) is 26.7. The molecule has 1 aliphatic carbocycles. The van der Waals surface area contributed by atoms with E-state index in [1.54, 1.807) is 6.07 Å². The third-order valence-electron chi connectivity index (χ3n) is 6.23. The van der Waals surface area contributed by atoms with Gasteiger partial charge in [0.05, 0.1) is 13.1 Å². The molecular formula is C20H30N6O. The monoisotopic (exact) mass is 370 g/mol. The molecule has 1 saturated heterocycles. The molecule has 3 heterocycles.